The van der Waals surface area contributed by atoms with Gasteiger partial charge in [0.25, 0.3) is 11.8 Å². The van der Waals surface area contributed by atoms with E-state index in [1.165, 1.54) is 11.0 Å². The molecule has 4 amide bonds. The maximum Gasteiger partial charge on any atom is 0.410 e. The minimum Gasteiger partial charge on any atom is -0.452 e. The van der Waals surface area contributed by atoms with Gasteiger partial charge in [0, 0.05) is 41.1 Å². The fourth-order valence-electron chi connectivity index (χ4n) is 5.93. The summed E-state index contributed by atoms with van der Waals surface area (Å²) in [6.07, 6.45) is 2.30. The summed E-state index contributed by atoms with van der Waals surface area (Å²) in [5, 5.41) is 1.94. The van der Waals surface area contributed by atoms with Crippen LogP contribution in [0.3, 0.4) is 0 Å². The quantitative estimate of drug-likeness (QED) is 0.264. The molecule has 5 atom stereocenters. The van der Waals surface area contributed by atoms with Crippen molar-refractivity contribution >= 4 is 39.8 Å². The number of ether oxygens (including phenoxy) is 2. The predicted octanol–water partition coefficient (Wildman–Crippen LogP) is 2.98. The zero-order valence-electron chi connectivity index (χ0n) is 27.1. The van der Waals surface area contributed by atoms with E-state index in [4.69, 9.17) is 9.47 Å². The number of likely N-dealkylation sites (tertiary alicyclic amines) is 1. The van der Waals surface area contributed by atoms with Gasteiger partial charge in [-0.05, 0) is 36.0 Å². The summed E-state index contributed by atoms with van der Waals surface area (Å²) < 4.78 is 37.9. The van der Waals surface area contributed by atoms with E-state index in [0.717, 1.165) is 16.7 Å². The van der Waals surface area contributed by atoms with Gasteiger partial charge in [-0.3, -0.25) is 28.8 Å². The maximum absolute atomic E-state index is 13.7. The number of fused-ring (bicyclic) bond motifs is 1. The van der Waals surface area contributed by atoms with Gasteiger partial charge in [-0.25, -0.2) is 13.2 Å². The fraction of sp³-hybridized carbons (Fsp3) is 0.545. The molecule has 2 N–H and O–H groups in total. The molecule has 0 radical (unpaired) electrons. The Balaban J connectivity index is 0.00000205. The van der Waals surface area contributed by atoms with Crippen LogP contribution in [-0.4, -0.2) is 84.1 Å². The number of cyclic esters (lactones) is 1. The molecule has 1 saturated carbocycles. The van der Waals surface area contributed by atoms with Crippen molar-refractivity contribution < 1.29 is 44.7 Å². The van der Waals surface area contributed by atoms with E-state index in [9.17, 15) is 32.4 Å². The van der Waals surface area contributed by atoms with Gasteiger partial charge in [-0.1, -0.05) is 51.1 Å². The van der Waals surface area contributed by atoms with Crippen LogP contribution in [0.2, 0.25) is 0 Å². The van der Waals surface area contributed by atoms with Gasteiger partial charge >= 0.3 is 12.1 Å². The van der Waals surface area contributed by atoms with Crippen LogP contribution in [0.15, 0.2) is 43.5 Å². The predicted molar refractivity (Wildman–Crippen MR) is 176 cm³/mol. The average Bonchev–Trinajstić information content (AvgIpc) is 3.48. The highest BCUT2D eigenvalue weighted by Gasteiger charge is 2.47. The van der Waals surface area contributed by atoms with Crippen molar-refractivity contribution in [3.63, 3.8) is 0 Å². The van der Waals surface area contributed by atoms with Gasteiger partial charge in [0.1, 0.15) is 18.2 Å². The van der Waals surface area contributed by atoms with Gasteiger partial charge in [0.15, 0.2) is 6.10 Å². The molecule has 0 spiro atoms. The summed E-state index contributed by atoms with van der Waals surface area (Å²) in [6, 6.07) is 3.36. The number of rotatable bonds is 11. The van der Waals surface area contributed by atoms with Crippen LogP contribution < -0.4 is 10.0 Å². The Hall–Kier alpha value is -4.20. The van der Waals surface area contributed by atoms with E-state index in [1.54, 1.807) is 17.9 Å². The number of nitrogens with one attached hydrogen (secondary N) is 2. The average molecular weight is 677 g/mol. The van der Waals surface area contributed by atoms with Gasteiger partial charge in [-0.2, -0.15) is 0 Å². The van der Waals surface area contributed by atoms with Crippen molar-refractivity contribution in [1.29, 1.82) is 0 Å². The molecular formula is C33H48N4O9S. The highest BCUT2D eigenvalue weighted by molar-refractivity contribution is 7.90. The molecule has 0 aromatic heterocycles. The lowest BCUT2D eigenvalue weighted by Crippen LogP contribution is -2.56. The Kier molecular flexibility index (Phi) is 11.5. The van der Waals surface area contributed by atoms with Crippen LogP contribution in [0.5, 0.6) is 0 Å². The lowest BCUT2D eigenvalue weighted by atomic mass is 10.0. The monoisotopic (exact) mass is 676 g/mol. The highest BCUT2D eigenvalue weighted by atomic mass is 32.2. The third kappa shape index (κ3) is 8.21. The van der Waals surface area contributed by atoms with Crippen molar-refractivity contribution in [3.05, 3.63) is 60.2 Å². The summed E-state index contributed by atoms with van der Waals surface area (Å²) in [6.45, 7) is 13.6. The Morgan fingerprint density at radius 3 is 2.49 bits per heavy atom. The first-order valence-corrected chi connectivity index (χ1v) is 17.6. The SMILES string of the molecule is C=CCc1cccc2c1CN(C(=O)OC1C[C@@H](C(=O)NC(C(=O)NS(=O)(=O)C3CC3)[C@@H](C)C=C)N(C(=O)[C@@H]3CCC(=O)O3)C1)C2.CC.[HH].[HH]. The van der Waals surface area contributed by atoms with Crippen molar-refractivity contribution in [3.8, 4) is 0 Å². The molecule has 5 rings (SSSR count). The molecule has 3 fully saturated rings. The second-order valence-electron chi connectivity index (χ2n) is 12.0. The van der Waals surface area contributed by atoms with E-state index in [0.29, 0.717) is 32.4 Å². The van der Waals surface area contributed by atoms with E-state index >= 15 is 0 Å². The molecule has 2 saturated heterocycles. The number of hydrogen-bond donors (Lipinski definition) is 2. The van der Waals surface area contributed by atoms with Crippen molar-refractivity contribution in [2.24, 2.45) is 5.92 Å². The number of nitrogens with zero attached hydrogens (tertiary/aromatic N) is 2. The van der Waals surface area contributed by atoms with Gasteiger partial charge in [0.2, 0.25) is 15.9 Å². The van der Waals surface area contributed by atoms with Gasteiger partial charge in [0.05, 0.1) is 11.8 Å². The lowest BCUT2D eigenvalue weighted by Gasteiger charge is -2.28. The number of amides is 4. The Labute approximate surface area is 278 Å². The number of allylic oxidation sites excluding steroid dienone is 1. The molecule has 1 aromatic rings. The number of sulfonamides is 1. The maximum atomic E-state index is 13.7. The molecule has 14 heteroatoms. The van der Waals surface area contributed by atoms with E-state index in [-0.39, 0.29) is 28.7 Å². The molecule has 3 heterocycles. The van der Waals surface area contributed by atoms with Crippen LogP contribution in [0.4, 0.5) is 4.79 Å². The van der Waals surface area contributed by atoms with E-state index in [1.807, 2.05) is 32.0 Å². The molecule has 4 aliphatic rings. The minimum absolute atomic E-state index is 0. The minimum atomic E-state index is -3.89. The smallest absolute Gasteiger partial charge is 0.410 e. The number of esters is 1. The van der Waals surface area contributed by atoms with Crippen molar-refractivity contribution in [2.75, 3.05) is 6.54 Å². The molecule has 3 aliphatic heterocycles. The number of benzene rings is 1. The van der Waals surface area contributed by atoms with Crippen LogP contribution in [0.1, 0.15) is 72.4 Å². The van der Waals surface area contributed by atoms with Crippen LogP contribution in [0.25, 0.3) is 0 Å². The highest BCUT2D eigenvalue weighted by Crippen LogP contribution is 2.30. The van der Waals surface area contributed by atoms with E-state index < -0.39 is 75.3 Å². The second kappa shape index (κ2) is 15.1. The topological polar surface area (TPSA) is 168 Å². The van der Waals surface area contributed by atoms with Gasteiger partial charge < -0.3 is 19.7 Å². The zero-order valence-corrected chi connectivity index (χ0v) is 27.9. The first-order chi connectivity index (χ1) is 22.4. The molecule has 47 heavy (non-hydrogen) atoms. The second-order valence-corrected chi connectivity index (χ2v) is 13.9. The van der Waals surface area contributed by atoms with Crippen molar-refractivity contribution in [1.82, 2.24) is 19.8 Å². The molecule has 1 aromatic carbocycles. The van der Waals surface area contributed by atoms with Crippen LogP contribution >= 0.6 is 0 Å². The first-order valence-electron chi connectivity index (χ1n) is 16.1. The molecule has 0 bridgehead atoms. The summed E-state index contributed by atoms with van der Waals surface area (Å²) in [5.74, 6) is -3.48. The van der Waals surface area contributed by atoms with Crippen molar-refractivity contribution in [2.45, 2.75) is 102 Å². The molecule has 13 nitrogen and oxygen atoms in total. The summed E-state index contributed by atoms with van der Waals surface area (Å²) in [5.41, 5.74) is 3.09. The van der Waals surface area contributed by atoms with E-state index in [2.05, 4.69) is 23.2 Å². The third-order valence-corrected chi connectivity index (χ3v) is 10.5. The Morgan fingerprint density at radius 2 is 1.87 bits per heavy atom. The number of hydrogen-bond acceptors (Lipinski definition) is 9. The zero-order chi connectivity index (χ0) is 34.5. The Morgan fingerprint density at radius 1 is 1.15 bits per heavy atom. The standard InChI is InChI=1S/C31H38N4O9S.C2H6.2H2/c1-4-7-19-8-6-9-20-15-34(17-23(19)20)31(40)43-21-14-24(35(16-21)30(39)25-12-13-26(36)44-25)28(37)32-27(18(3)5-2)29(38)33-45(41,42)22-10-11-22;1-2;;/h4-6,8-9,18,21-22,24-25,27H,1-2,7,10-17H2,3H3,(H,32,37)(H,33,38);1-2H3;2*1H/t18-,21?,24-,25-,27?;;;/m0.../s1. The Bertz CT molecular complexity index is 1540. The normalized spacial score (nSPS) is 23.0. The first kappa shape index (κ1) is 35.7. The summed E-state index contributed by atoms with van der Waals surface area (Å²) in [4.78, 5) is 67.9. The van der Waals surface area contributed by atoms with Crippen LogP contribution in [-0.2, 0) is 58.2 Å². The van der Waals surface area contributed by atoms with Crippen LogP contribution in [0, 0.1) is 5.92 Å². The third-order valence-electron chi connectivity index (χ3n) is 8.66. The fourth-order valence-corrected chi connectivity index (χ4v) is 7.26. The lowest BCUT2D eigenvalue weighted by molar-refractivity contribution is -0.154. The largest absolute Gasteiger partial charge is 0.452 e. The molecule has 1 aliphatic carbocycles. The summed E-state index contributed by atoms with van der Waals surface area (Å²) in [7, 11) is -3.89. The summed E-state index contributed by atoms with van der Waals surface area (Å²) >= 11 is 0. The molecule has 260 valence electrons. The molecular weight excluding hydrogens is 628 g/mol. The number of carbonyl (C=O) groups excluding carboxylic acids is 5. The number of carbonyl (C=O) groups is 5. The molecule has 2 unspecified atom stereocenters. The van der Waals surface area contributed by atoms with Gasteiger partial charge in [-0.15, -0.1) is 13.2 Å².